The molecule has 0 radical (unpaired) electrons. The highest BCUT2D eigenvalue weighted by Crippen LogP contribution is 2.35. The average molecular weight is 417 g/mol. The number of carbonyl (C=O) groups excluding carboxylic acids is 1. The third-order valence-corrected chi connectivity index (χ3v) is 5.80. The van der Waals surface area contributed by atoms with Gasteiger partial charge in [-0.1, -0.05) is 79.2 Å². The van der Waals surface area contributed by atoms with Crippen molar-refractivity contribution in [3.05, 3.63) is 106 Å². The van der Waals surface area contributed by atoms with Gasteiger partial charge in [0.05, 0.1) is 0 Å². The molecule has 4 heteroatoms. The average Bonchev–Trinajstić information content (AvgIpc) is 3.21. The van der Waals surface area contributed by atoms with E-state index in [1.807, 2.05) is 60.8 Å². The first kappa shape index (κ1) is 20.2. The highest BCUT2D eigenvalue weighted by atomic mass is 35.5. The van der Waals surface area contributed by atoms with Gasteiger partial charge in [0.15, 0.2) is 0 Å². The van der Waals surface area contributed by atoms with E-state index in [0.29, 0.717) is 18.0 Å². The number of hydrogen-bond acceptors (Lipinski definition) is 1. The molecule has 4 rings (SSSR count). The summed E-state index contributed by atoms with van der Waals surface area (Å²) in [7, 11) is 0. The van der Waals surface area contributed by atoms with Crippen molar-refractivity contribution in [2.45, 2.75) is 32.2 Å². The van der Waals surface area contributed by atoms with E-state index in [1.54, 1.807) is 0 Å². The topological polar surface area (TPSA) is 44.9 Å². The van der Waals surface area contributed by atoms with Crippen LogP contribution >= 0.6 is 11.6 Å². The summed E-state index contributed by atoms with van der Waals surface area (Å²) in [6.45, 7) is 2.68. The molecule has 0 aliphatic carbocycles. The molecule has 0 saturated carbocycles. The van der Waals surface area contributed by atoms with Crippen LogP contribution in [0.1, 0.15) is 41.5 Å². The lowest BCUT2D eigenvalue weighted by molar-refractivity contribution is -0.121. The number of amides is 1. The van der Waals surface area contributed by atoms with Gasteiger partial charge in [-0.05, 0) is 40.8 Å². The molecule has 1 amide bonds. The molecule has 0 aliphatic heterocycles. The fraction of sp³-hybridized carbons (Fsp3) is 0.192. The number of aromatic nitrogens is 1. The van der Waals surface area contributed by atoms with Crippen LogP contribution in [0.5, 0.6) is 0 Å². The second-order valence-electron chi connectivity index (χ2n) is 7.51. The third kappa shape index (κ3) is 4.42. The maximum atomic E-state index is 12.9. The molecule has 0 aliphatic rings. The predicted molar refractivity (Wildman–Crippen MR) is 124 cm³/mol. The number of carbonyl (C=O) groups is 1. The first-order valence-corrected chi connectivity index (χ1v) is 10.7. The van der Waals surface area contributed by atoms with Crippen LogP contribution in [0.4, 0.5) is 0 Å². The van der Waals surface area contributed by atoms with Crippen molar-refractivity contribution in [3.8, 4) is 0 Å². The number of aryl methyl sites for hydroxylation is 1. The van der Waals surface area contributed by atoms with Crippen LogP contribution in [-0.4, -0.2) is 10.9 Å². The lowest BCUT2D eigenvalue weighted by Gasteiger charge is -2.18. The Labute approximate surface area is 182 Å². The minimum atomic E-state index is -0.0830. The third-order valence-electron chi connectivity index (χ3n) is 5.56. The molecule has 152 valence electrons. The largest absolute Gasteiger partial charge is 0.361 e. The molecule has 4 aromatic rings. The smallest absolute Gasteiger partial charge is 0.221 e. The molecule has 0 bridgehead atoms. The molecule has 1 heterocycles. The second kappa shape index (κ2) is 9.19. The van der Waals surface area contributed by atoms with Crippen molar-refractivity contribution < 1.29 is 4.79 Å². The Bertz CT molecular complexity index is 1150. The Balaban J connectivity index is 1.65. The number of rotatable bonds is 7. The summed E-state index contributed by atoms with van der Waals surface area (Å²) in [5, 5.41) is 4.90. The number of aromatic amines is 1. The van der Waals surface area contributed by atoms with Crippen LogP contribution in [0.15, 0.2) is 79.0 Å². The number of benzene rings is 3. The van der Waals surface area contributed by atoms with Gasteiger partial charge in [-0.3, -0.25) is 4.79 Å². The second-order valence-corrected chi connectivity index (χ2v) is 7.95. The molecule has 0 spiro atoms. The van der Waals surface area contributed by atoms with Crippen LogP contribution in [0, 0.1) is 0 Å². The first-order valence-electron chi connectivity index (χ1n) is 10.3. The predicted octanol–water partition coefficient (Wildman–Crippen LogP) is 6.22. The fourth-order valence-corrected chi connectivity index (χ4v) is 4.21. The summed E-state index contributed by atoms with van der Waals surface area (Å²) in [4.78, 5) is 16.3. The van der Waals surface area contributed by atoms with Crippen LogP contribution in [0.25, 0.3) is 10.9 Å². The summed E-state index contributed by atoms with van der Waals surface area (Å²) in [5.41, 5.74) is 5.67. The Kier molecular flexibility index (Phi) is 6.20. The summed E-state index contributed by atoms with van der Waals surface area (Å²) in [6, 6.07) is 24.1. The minimum absolute atomic E-state index is 0.0184. The minimum Gasteiger partial charge on any atom is -0.361 e. The van der Waals surface area contributed by atoms with Crippen molar-refractivity contribution >= 4 is 28.4 Å². The molecular formula is C26H25ClN2O. The van der Waals surface area contributed by atoms with Gasteiger partial charge in [0.25, 0.3) is 0 Å². The number of nitrogens with one attached hydrogen (secondary N) is 2. The zero-order chi connectivity index (χ0) is 20.9. The standard InChI is InChI=1S/C26H25ClN2O/c1-2-19-10-7-13-22-24(17-29-26(19)22)23(20-11-6-12-21(27)14-20)15-25(30)28-16-18-8-4-3-5-9-18/h3-14,17,23,29H,2,15-16H2,1H3,(H,28,30). The lowest BCUT2D eigenvalue weighted by Crippen LogP contribution is -2.25. The van der Waals surface area contributed by atoms with Crippen LogP contribution in [0.3, 0.4) is 0 Å². The molecule has 0 saturated heterocycles. The molecule has 3 aromatic carbocycles. The van der Waals surface area contributed by atoms with Gasteiger partial charge in [-0.2, -0.15) is 0 Å². The van der Waals surface area contributed by atoms with Crippen molar-refractivity contribution in [1.29, 1.82) is 0 Å². The molecule has 2 N–H and O–H groups in total. The molecule has 1 unspecified atom stereocenters. The van der Waals surface area contributed by atoms with Crippen molar-refractivity contribution in [2.24, 2.45) is 0 Å². The highest BCUT2D eigenvalue weighted by Gasteiger charge is 2.22. The van der Waals surface area contributed by atoms with Crippen LogP contribution < -0.4 is 5.32 Å². The maximum absolute atomic E-state index is 12.9. The number of hydrogen-bond donors (Lipinski definition) is 2. The van der Waals surface area contributed by atoms with E-state index in [0.717, 1.165) is 34.0 Å². The van der Waals surface area contributed by atoms with Crippen molar-refractivity contribution in [1.82, 2.24) is 10.3 Å². The van der Waals surface area contributed by atoms with Gasteiger partial charge in [-0.15, -0.1) is 0 Å². The van der Waals surface area contributed by atoms with E-state index >= 15 is 0 Å². The van der Waals surface area contributed by atoms with Gasteiger partial charge >= 0.3 is 0 Å². The monoisotopic (exact) mass is 416 g/mol. The Morgan fingerprint density at radius 3 is 2.60 bits per heavy atom. The van der Waals surface area contributed by atoms with Gasteiger partial charge < -0.3 is 10.3 Å². The number of fused-ring (bicyclic) bond motifs is 1. The van der Waals surface area contributed by atoms with Gasteiger partial charge in [0.1, 0.15) is 0 Å². The summed E-state index contributed by atoms with van der Waals surface area (Å²) in [6.07, 6.45) is 3.35. The normalized spacial score (nSPS) is 12.1. The van der Waals surface area contributed by atoms with Crippen LogP contribution in [0.2, 0.25) is 5.02 Å². The summed E-state index contributed by atoms with van der Waals surface area (Å²) >= 11 is 6.29. The van der Waals surface area contributed by atoms with Crippen LogP contribution in [-0.2, 0) is 17.8 Å². The first-order chi connectivity index (χ1) is 14.7. The van der Waals surface area contributed by atoms with Crippen molar-refractivity contribution in [3.63, 3.8) is 0 Å². The van der Waals surface area contributed by atoms with Crippen molar-refractivity contribution in [2.75, 3.05) is 0 Å². The Morgan fingerprint density at radius 1 is 1.03 bits per heavy atom. The van der Waals surface area contributed by atoms with E-state index in [2.05, 4.69) is 35.4 Å². The summed E-state index contributed by atoms with van der Waals surface area (Å²) in [5.74, 6) is -0.0647. The quantitative estimate of drug-likeness (QED) is 0.369. The van der Waals surface area contributed by atoms with E-state index in [1.165, 1.54) is 5.56 Å². The van der Waals surface area contributed by atoms with E-state index in [9.17, 15) is 4.79 Å². The zero-order valence-electron chi connectivity index (χ0n) is 17.0. The van der Waals surface area contributed by atoms with Gasteiger partial charge in [-0.25, -0.2) is 0 Å². The number of para-hydroxylation sites is 1. The molecular weight excluding hydrogens is 392 g/mol. The molecule has 1 atom stereocenters. The van der Waals surface area contributed by atoms with Gasteiger partial charge in [0, 0.05) is 41.0 Å². The van der Waals surface area contributed by atoms with E-state index in [-0.39, 0.29) is 11.8 Å². The Morgan fingerprint density at radius 2 is 1.83 bits per heavy atom. The van der Waals surface area contributed by atoms with E-state index < -0.39 is 0 Å². The lowest BCUT2D eigenvalue weighted by atomic mass is 9.87. The molecule has 1 aromatic heterocycles. The summed E-state index contributed by atoms with van der Waals surface area (Å²) < 4.78 is 0. The Hall–Kier alpha value is -3.04. The molecule has 3 nitrogen and oxygen atoms in total. The van der Waals surface area contributed by atoms with Gasteiger partial charge in [0.2, 0.25) is 5.91 Å². The fourth-order valence-electron chi connectivity index (χ4n) is 4.01. The van der Waals surface area contributed by atoms with E-state index in [4.69, 9.17) is 11.6 Å². The number of halogens is 1. The maximum Gasteiger partial charge on any atom is 0.221 e. The SMILES string of the molecule is CCc1cccc2c(C(CC(=O)NCc3ccccc3)c3cccc(Cl)c3)c[nH]c12. The highest BCUT2D eigenvalue weighted by molar-refractivity contribution is 6.30. The molecule has 0 fully saturated rings. The number of H-pyrrole nitrogens is 1. The zero-order valence-corrected chi connectivity index (χ0v) is 17.7. The molecule has 30 heavy (non-hydrogen) atoms.